The maximum Gasteiger partial charge on any atom is 0.332 e. The summed E-state index contributed by atoms with van der Waals surface area (Å²) in [6.07, 6.45) is 0. The van der Waals surface area contributed by atoms with E-state index in [4.69, 9.17) is 21.8 Å². The second kappa shape index (κ2) is 5.34. The first-order valence-corrected chi connectivity index (χ1v) is 4.51. The van der Waals surface area contributed by atoms with E-state index in [-0.39, 0.29) is 16.3 Å². The predicted octanol–water partition coefficient (Wildman–Crippen LogP) is 0.792. The highest BCUT2D eigenvalue weighted by atomic mass is 35.5. The van der Waals surface area contributed by atoms with Crippen molar-refractivity contribution in [3.05, 3.63) is 28.8 Å². The van der Waals surface area contributed by atoms with E-state index in [9.17, 15) is 9.59 Å². The summed E-state index contributed by atoms with van der Waals surface area (Å²) in [5.74, 6) is -2.00. The van der Waals surface area contributed by atoms with Crippen molar-refractivity contribution in [1.82, 2.24) is 5.48 Å². The van der Waals surface area contributed by atoms with E-state index < -0.39 is 18.5 Å². The molecule has 1 aromatic carbocycles. The molecule has 0 atom stereocenters. The number of benzene rings is 1. The molecule has 16 heavy (non-hydrogen) atoms. The zero-order chi connectivity index (χ0) is 12.1. The summed E-state index contributed by atoms with van der Waals surface area (Å²) in [5.41, 5.74) is 2.06. The third-order valence-electron chi connectivity index (χ3n) is 1.57. The number of hydrogen-bond donors (Lipinski definition) is 3. The van der Waals surface area contributed by atoms with E-state index in [1.807, 2.05) is 5.48 Å². The predicted molar refractivity (Wildman–Crippen MR) is 54.2 cm³/mol. The average Bonchev–Trinajstić information content (AvgIpc) is 2.21. The fraction of sp³-hybridized carbons (Fsp3) is 0.111. The van der Waals surface area contributed by atoms with Crippen molar-refractivity contribution in [3.63, 3.8) is 0 Å². The smallest absolute Gasteiger partial charge is 0.332 e. The molecule has 0 aliphatic heterocycles. The van der Waals surface area contributed by atoms with Crippen LogP contribution < -0.4 is 5.48 Å². The van der Waals surface area contributed by atoms with Crippen LogP contribution in [0.3, 0.4) is 0 Å². The van der Waals surface area contributed by atoms with Crippen LogP contribution in [0.25, 0.3) is 0 Å². The van der Waals surface area contributed by atoms with Crippen LogP contribution >= 0.6 is 11.6 Å². The monoisotopic (exact) mass is 245 g/mol. The van der Waals surface area contributed by atoms with Crippen molar-refractivity contribution in [3.8, 4) is 5.75 Å². The zero-order valence-electron chi connectivity index (χ0n) is 7.94. The van der Waals surface area contributed by atoms with Gasteiger partial charge in [-0.2, -0.15) is 0 Å². The summed E-state index contributed by atoms with van der Waals surface area (Å²) in [4.78, 5) is 25.8. The van der Waals surface area contributed by atoms with Gasteiger partial charge >= 0.3 is 5.97 Å². The van der Waals surface area contributed by atoms with Crippen molar-refractivity contribution < 1.29 is 24.6 Å². The number of hydroxylamine groups is 1. The van der Waals surface area contributed by atoms with Crippen molar-refractivity contribution >= 4 is 23.5 Å². The van der Waals surface area contributed by atoms with Gasteiger partial charge in [-0.3, -0.25) is 9.63 Å². The Morgan fingerprint density at radius 2 is 2.12 bits per heavy atom. The summed E-state index contributed by atoms with van der Waals surface area (Å²) < 4.78 is 0. The van der Waals surface area contributed by atoms with Gasteiger partial charge < -0.3 is 10.2 Å². The Morgan fingerprint density at radius 1 is 1.44 bits per heavy atom. The van der Waals surface area contributed by atoms with Gasteiger partial charge in [-0.25, -0.2) is 10.3 Å². The van der Waals surface area contributed by atoms with Crippen LogP contribution in [-0.4, -0.2) is 28.7 Å². The van der Waals surface area contributed by atoms with E-state index in [0.717, 1.165) is 0 Å². The highest BCUT2D eigenvalue weighted by molar-refractivity contribution is 6.32. The number of carbonyl (C=O) groups excluding carboxylic acids is 1. The maximum absolute atomic E-state index is 11.3. The van der Waals surface area contributed by atoms with Crippen molar-refractivity contribution in [2.75, 3.05) is 6.61 Å². The zero-order valence-corrected chi connectivity index (χ0v) is 8.69. The van der Waals surface area contributed by atoms with Gasteiger partial charge in [0.25, 0.3) is 5.91 Å². The quantitative estimate of drug-likeness (QED) is 0.682. The number of phenols is 1. The van der Waals surface area contributed by atoms with E-state index >= 15 is 0 Å². The van der Waals surface area contributed by atoms with E-state index in [0.29, 0.717) is 0 Å². The van der Waals surface area contributed by atoms with Gasteiger partial charge in [0.15, 0.2) is 6.61 Å². The highest BCUT2D eigenvalue weighted by Crippen LogP contribution is 2.23. The lowest BCUT2D eigenvalue weighted by Gasteiger charge is -2.04. The van der Waals surface area contributed by atoms with Crippen LogP contribution in [0.15, 0.2) is 18.2 Å². The summed E-state index contributed by atoms with van der Waals surface area (Å²) in [7, 11) is 0. The SMILES string of the molecule is O=C(O)CONC(=O)c1ccc(O)c(Cl)c1. The molecule has 0 saturated heterocycles. The molecule has 0 saturated carbocycles. The molecule has 7 heteroatoms. The molecular formula is C9H8ClNO5. The van der Waals surface area contributed by atoms with Crippen LogP contribution in [0.5, 0.6) is 5.75 Å². The summed E-state index contributed by atoms with van der Waals surface area (Å²) in [6, 6.07) is 3.80. The molecule has 0 aliphatic rings. The molecular weight excluding hydrogens is 238 g/mol. The minimum atomic E-state index is -1.20. The number of aliphatic carboxylic acids is 1. The number of carbonyl (C=O) groups is 2. The van der Waals surface area contributed by atoms with Gasteiger partial charge in [0.05, 0.1) is 5.02 Å². The summed E-state index contributed by atoms with van der Waals surface area (Å²) >= 11 is 5.58. The second-order valence-electron chi connectivity index (χ2n) is 2.78. The van der Waals surface area contributed by atoms with Crippen LogP contribution in [0.4, 0.5) is 0 Å². The minimum absolute atomic E-state index is 0.0193. The highest BCUT2D eigenvalue weighted by Gasteiger charge is 2.08. The Hall–Kier alpha value is -1.79. The second-order valence-corrected chi connectivity index (χ2v) is 3.19. The van der Waals surface area contributed by atoms with Gasteiger partial charge in [0.2, 0.25) is 0 Å². The fourth-order valence-electron chi connectivity index (χ4n) is 0.870. The molecule has 0 fully saturated rings. The molecule has 0 spiro atoms. The Kier molecular flexibility index (Phi) is 4.10. The van der Waals surface area contributed by atoms with Gasteiger partial charge in [-0.15, -0.1) is 0 Å². The summed E-state index contributed by atoms with van der Waals surface area (Å²) in [5, 5.41) is 17.4. The van der Waals surface area contributed by atoms with Crippen LogP contribution in [0, 0.1) is 0 Å². The topological polar surface area (TPSA) is 95.9 Å². The molecule has 1 rings (SSSR count). The Balaban J connectivity index is 2.59. The fourth-order valence-corrected chi connectivity index (χ4v) is 1.05. The molecule has 6 nitrogen and oxygen atoms in total. The lowest BCUT2D eigenvalue weighted by atomic mass is 10.2. The van der Waals surface area contributed by atoms with Crippen LogP contribution in [0.2, 0.25) is 5.02 Å². The van der Waals surface area contributed by atoms with Gasteiger partial charge in [-0.1, -0.05) is 11.6 Å². The first kappa shape index (κ1) is 12.3. The first-order chi connectivity index (χ1) is 7.50. The average molecular weight is 246 g/mol. The molecule has 1 aromatic rings. The van der Waals surface area contributed by atoms with E-state index in [1.54, 1.807) is 0 Å². The number of hydrogen-bond acceptors (Lipinski definition) is 4. The molecule has 0 bridgehead atoms. The van der Waals surface area contributed by atoms with Crippen molar-refractivity contribution in [1.29, 1.82) is 0 Å². The molecule has 0 heterocycles. The minimum Gasteiger partial charge on any atom is -0.506 e. The Bertz CT molecular complexity index is 420. The normalized spacial score (nSPS) is 9.81. The first-order valence-electron chi connectivity index (χ1n) is 4.13. The molecule has 3 N–H and O–H groups in total. The number of halogens is 1. The van der Waals surface area contributed by atoms with Crippen molar-refractivity contribution in [2.45, 2.75) is 0 Å². The van der Waals surface area contributed by atoms with Gasteiger partial charge in [0.1, 0.15) is 5.75 Å². The third-order valence-corrected chi connectivity index (χ3v) is 1.87. The molecule has 86 valence electrons. The van der Waals surface area contributed by atoms with Gasteiger partial charge in [-0.05, 0) is 18.2 Å². The number of phenolic OH excluding ortho intramolecular Hbond substituents is 1. The maximum atomic E-state index is 11.3. The van der Waals surface area contributed by atoms with Crippen LogP contribution in [-0.2, 0) is 9.63 Å². The largest absolute Gasteiger partial charge is 0.506 e. The van der Waals surface area contributed by atoms with E-state index in [2.05, 4.69) is 4.84 Å². The van der Waals surface area contributed by atoms with E-state index in [1.165, 1.54) is 18.2 Å². The molecule has 0 aromatic heterocycles. The number of aromatic hydroxyl groups is 1. The summed E-state index contributed by atoms with van der Waals surface area (Å²) in [6.45, 7) is -0.641. The molecule has 1 amide bonds. The standard InChI is InChI=1S/C9H8ClNO5/c10-6-3-5(1-2-7(6)12)9(15)11-16-4-8(13)14/h1-3,12H,4H2,(H,11,15)(H,13,14). The number of carboxylic acids is 1. The molecule has 0 unspecified atom stereocenters. The third kappa shape index (κ3) is 3.41. The molecule has 0 aliphatic carbocycles. The number of nitrogens with one attached hydrogen (secondary N) is 1. The van der Waals surface area contributed by atoms with Crippen LogP contribution in [0.1, 0.15) is 10.4 Å². The number of rotatable bonds is 4. The number of carboxylic acid groups (broad SMARTS) is 1. The molecule has 0 radical (unpaired) electrons. The Morgan fingerprint density at radius 3 is 2.69 bits per heavy atom. The number of amides is 1. The van der Waals surface area contributed by atoms with Gasteiger partial charge in [0, 0.05) is 5.56 Å². The Labute approximate surface area is 95.4 Å². The van der Waals surface area contributed by atoms with Crippen molar-refractivity contribution in [2.24, 2.45) is 0 Å². The lowest BCUT2D eigenvalue weighted by Crippen LogP contribution is -2.26. The lowest BCUT2D eigenvalue weighted by molar-refractivity contribution is -0.144.